The van der Waals surface area contributed by atoms with Crippen LogP contribution in [0.3, 0.4) is 0 Å². The molecule has 0 heterocycles. The lowest BCUT2D eigenvalue weighted by Crippen LogP contribution is -2.18. The highest BCUT2D eigenvalue weighted by molar-refractivity contribution is 4.45. The third kappa shape index (κ3) is 5.88. The normalized spacial score (nSPS) is 13.9. The van der Waals surface area contributed by atoms with Crippen LogP contribution in [0.2, 0.25) is 0 Å². The number of aliphatic hydroxyl groups excluding tert-OH is 1. The molecular weight excluding hydrogens is 104 g/mol. The third-order valence-corrected chi connectivity index (χ3v) is 0.954. The highest BCUT2D eigenvalue weighted by Crippen LogP contribution is 1.93. The Morgan fingerprint density at radius 3 is 2.38 bits per heavy atom. The van der Waals surface area contributed by atoms with Crippen molar-refractivity contribution in [1.29, 1.82) is 0 Å². The van der Waals surface area contributed by atoms with Crippen molar-refractivity contribution in [2.45, 2.75) is 25.5 Å². The Hall–Kier alpha value is -0.120. The lowest BCUT2D eigenvalue weighted by Gasteiger charge is -2.00. The molecule has 0 fully saturated rings. The lowest BCUT2D eigenvalue weighted by molar-refractivity contribution is 0.168. The minimum atomic E-state index is -0.651. The molecule has 0 rings (SSSR count). The first kappa shape index (κ1) is 7.88. The van der Waals surface area contributed by atoms with Gasteiger partial charge in [0.1, 0.15) is 6.23 Å². The van der Waals surface area contributed by atoms with Gasteiger partial charge in [0.15, 0.2) is 0 Å². The van der Waals surface area contributed by atoms with Crippen molar-refractivity contribution < 1.29 is 5.11 Å². The molecular formula is C5H14N2O. The summed E-state index contributed by atoms with van der Waals surface area (Å²) in [5, 5.41) is 8.52. The van der Waals surface area contributed by atoms with Gasteiger partial charge in [0.05, 0.1) is 0 Å². The number of hydrogen-bond donors (Lipinski definition) is 3. The maximum absolute atomic E-state index is 8.52. The van der Waals surface area contributed by atoms with E-state index in [1.54, 1.807) is 0 Å². The van der Waals surface area contributed by atoms with E-state index in [-0.39, 0.29) is 0 Å². The zero-order chi connectivity index (χ0) is 6.41. The summed E-state index contributed by atoms with van der Waals surface area (Å²) in [6.45, 7) is 0.687. The van der Waals surface area contributed by atoms with Crippen LogP contribution in [0.15, 0.2) is 0 Å². The van der Waals surface area contributed by atoms with Crippen LogP contribution in [-0.2, 0) is 0 Å². The fourth-order valence-electron chi connectivity index (χ4n) is 0.498. The van der Waals surface area contributed by atoms with Crippen molar-refractivity contribution in [1.82, 2.24) is 0 Å². The van der Waals surface area contributed by atoms with Crippen molar-refractivity contribution in [3.05, 3.63) is 0 Å². The van der Waals surface area contributed by atoms with Gasteiger partial charge in [-0.1, -0.05) is 0 Å². The van der Waals surface area contributed by atoms with Gasteiger partial charge in [-0.15, -0.1) is 0 Å². The first-order valence-corrected chi connectivity index (χ1v) is 2.91. The quantitative estimate of drug-likeness (QED) is 0.340. The maximum atomic E-state index is 8.52. The molecule has 0 unspecified atom stereocenters. The summed E-state index contributed by atoms with van der Waals surface area (Å²) in [5.41, 5.74) is 10.2. The van der Waals surface area contributed by atoms with Gasteiger partial charge in [0.25, 0.3) is 0 Å². The topological polar surface area (TPSA) is 72.3 Å². The molecule has 0 aliphatic heterocycles. The summed E-state index contributed by atoms with van der Waals surface area (Å²) in [5.74, 6) is 0. The van der Waals surface area contributed by atoms with E-state index in [2.05, 4.69) is 0 Å². The standard InChI is InChI=1S/C5H14N2O/c6-4-2-1-3-5(7)8/h5,8H,1-4,6-7H2/t5-/m0/s1. The van der Waals surface area contributed by atoms with E-state index >= 15 is 0 Å². The largest absolute Gasteiger partial charge is 0.379 e. The van der Waals surface area contributed by atoms with E-state index in [1.165, 1.54) is 0 Å². The van der Waals surface area contributed by atoms with Gasteiger partial charge in [-0.25, -0.2) is 0 Å². The Bertz CT molecular complexity index is 47.7. The number of hydrogen-bond acceptors (Lipinski definition) is 3. The second kappa shape index (κ2) is 5.03. The highest BCUT2D eigenvalue weighted by atomic mass is 16.3. The van der Waals surface area contributed by atoms with Gasteiger partial charge in [0.2, 0.25) is 0 Å². The van der Waals surface area contributed by atoms with Crippen LogP contribution in [0.25, 0.3) is 0 Å². The fraction of sp³-hybridized carbons (Fsp3) is 1.00. The highest BCUT2D eigenvalue weighted by Gasteiger charge is 1.92. The fourth-order valence-corrected chi connectivity index (χ4v) is 0.498. The Morgan fingerprint density at radius 2 is 2.00 bits per heavy atom. The van der Waals surface area contributed by atoms with E-state index in [0.717, 1.165) is 12.8 Å². The molecule has 0 amide bonds. The second-order valence-corrected chi connectivity index (χ2v) is 1.85. The van der Waals surface area contributed by atoms with Crippen LogP contribution in [0.1, 0.15) is 19.3 Å². The maximum Gasteiger partial charge on any atom is 0.102 e. The van der Waals surface area contributed by atoms with E-state index in [0.29, 0.717) is 13.0 Å². The summed E-state index contributed by atoms with van der Waals surface area (Å²) in [4.78, 5) is 0. The molecule has 1 atom stereocenters. The predicted molar refractivity (Wildman–Crippen MR) is 33.1 cm³/mol. The van der Waals surface area contributed by atoms with E-state index in [9.17, 15) is 0 Å². The van der Waals surface area contributed by atoms with Crippen molar-refractivity contribution in [2.75, 3.05) is 6.54 Å². The van der Waals surface area contributed by atoms with Gasteiger partial charge >= 0.3 is 0 Å². The summed E-state index contributed by atoms with van der Waals surface area (Å²) >= 11 is 0. The molecule has 0 aliphatic rings. The SMILES string of the molecule is NCCCC[C@@H](N)O. The number of nitrogens with two attached hydrogens (primary N) is 2. The average Bonchev–Trinajstić information content (AvgIpc) is 1.66. The zero-order valence-corrected chi connectivity index (χ0v) is 5.01. The number of aliphatic hydroxyl groups is 1. The molecule has 0 saturated carbocycles. The minimum Gasteiger partial charge on any atom is -0.379 e. The molecule has 3 nitrogen and oxygen atoms in total. The Balaban J connectivity index is 2.72. The summed E-state index contributed by atoms with van der Waals surface area (Å²) in [6, 6.07) is 0. The Kier molecular flexibility index (Phi) is 4.95. The van der Waals surface area contributed by atoms with Crippen LogP contribution in [0, 0.1) is 0 Å². The van der Waals surface area contributed by atoms with E-state index in [1.807, 2.05) is 0 Å². The third-order valence-electron chi connectivity index (χ3n) is 0.954. The van der Waals surface area contributed by atoms with Crippen molar-refractivity contribution >= 4 is 0 Å². The van der Waals surface area contributed by atoms with Gasteiger partial charge in [-0.3, -0.25) is 0 Å². The van der Waals surface area contributed by atoms with Gasteiger partial charge in [-0.05, 0) is 25.8 Å². The molecule has 0 radical (unpaired) electrons. The molecule has 0 aliphatic carbocycles. The second-order valence-electron chi connectivity index (χ2n) is 1.85. The minimum absolute atomic E-state index is 0.651. The van der Waals surface area contributed by atoms with Gasteiger partial charge < -0.3 is 16.6 Å². The van der Waals surface area contributed by atoms with Crippen molar-refractivity contribution in [3.63, 3.8) is 0 Å². The van der Waals surface area contributed by atoms with Crippen molar-refractivity contribution in [2.24, 2.45) is 11.5 Å². The van der Waals surface area contributed by atoms with Crippen molar-refractivity contribution in [3.8, 4) is 0 Å². The Morgan fingerprint density at radius 1 is 1.38 bits per heavy atom. The summed E-state index contributed by atoms with van der Waals surface area (Å²) in [7, 11) is 0. The molecule has 0 bridgehead atoms. The predicted octanol–water partition coefficient (Wildman–Crippen LogP) is -0.607. The molecule has 3 heteroatoms. The molecule has 50 valence electrons. The zero-order valence-electron chi connectivity index (χ0n) is 5.01. The molecule has 0 saturated heterocycles. The smallest absolute Gasteiger partial charge is 0.102 e. The first-order valence-electron chi connectivity index (χ1n) is 2.91. The van der Waals surface area contributed by atoms with Crippen LogP contribution < -0.4 is 11.5 Å². The van der Waals surface area contributed by atoms with Crippen LogP contribution in [0.4, 0.5) is 0 Å². The molecule has 8 heavy (non-hydrogen) atoms. The molecule has 5 N–H and O–H groups in total. The van der Waals surface area contributed by atoms with Gasteiger partial charge in [-0.2, -0.15) is 0 Å². The van der Waals surface area contributed by atoms with Crippen LogP contribution in [-0.4, -0.2) is 17.9 Å². The molecule has 0 aromatic carbocycles. The van der Waals surface area contributed by atoms with Gasteiger partial charge in [0, 0.05) is 0 Å². The average molecular weight is 118 g/mol. The summed E-state index contributed by atoms with van der Waals surface area (Å²) in [6.07, 6.45) is 1.89. The monoisotopic (exact) mass is 118 g/mol. The van der Waals surface area contributed by atoms with E-state index < -0.39 is 6.23 Å². The number of unbranched alkanes of at least 4 members (excludes halogenated alkanes) is 1. The molecule has 0 aromatic rings. The summed E-state index contributed by atoms with van der Waals surface area (Å²) < 4.78 is 0. The van der Waals surface area contributed by atoms with E-state index in [4.69, 9.17) is 16.6 Å². The Labute approximate surface area is 49.7 Å². The lowest BCUT2D eigenvalue weighted by atomic mass is 10.2. The molecule has 0 aromatic heterocycles. The number of rotatable bonds is 4. The van der Waals surface area contributed by atoms with Crippen LogP contribution >= 0.6 is 0 Å². The first-order chi connectivity index (χ1) is 3.77. The molecule has 0 spiro atoms. The van der Waals surface area contributed by atoms with Crippen LogP contribution in [0.5, 0.6) is 0 Å².